The first-order chi connectivity index (χ1) is 13.9. The minimum absolute atomic E-state index is 0. The van der Waals surface area contributed by atoms with Crippen LogP contribution in [0.4, 0.5) is 0 Å². The molecule has 0 N–H and O–H groups in total. The molecular weight excluding hydrogens is 531 g/mol. The van der Waals surface area contributed by atoms with Crippen LogP contribution >= 0.6 is 0 Å². The summed E-state index contributed by atoms with van der Waals surface area (Å²) in [6.07, 6.45) is 0. The van der Waals surface area contributed by atoms with E-state index in [1.807, 2.05) is 6.07 Å². The summed E-state index contributed by atoms with van der Waals surface area (Å²) in [4.78, 5) is 5.11. The van der Waals surface area contributed by atoms with Crippen LogP contribution in [-0.2, 0) is 20.1 Å². The quantitative estimate of drug-likeness (QED) is 0.231. The van der Waals surface area contributed by atoms with Crippen LogP contribution in [0.3, 0.4) is 0 Å². The number of hydrogen-bond acceptors (Lipinski definition) is 1. The summed E-state index contributed by atoms with van der Waals surface area (Å²) in [5, 5.41) is 1.17. The van der Waals surface area contributed by atoms with E-state index in [2.05, 4.69) is 109 Å². The standard InChI is InChI=1S/C27H19N.Ir/c1-4-12-20(13-5-1)25-23-18-10-11-19-24(23)28-27(22-16-8-3-9-17-22)26(25)21-14-6-2-7-15-21;/h1-19H;. The zero-order chi connectivity index (χ0) is 18.8. The number of nitrogens with zero attached hydrogens (tertiary/aromatic N) is 1. The van der Waals surface area contributed by atoms with Crippen LogP contribution in [0.25, 0.3) is 44.4 Å². The van der Waals surface area contributed by atoms with Crippen LogP contribution in [-0.4, -0.2) is 4.98 Å². The molecule has 0 bridgehead atoms. The molecule has 1 nitrogen and oxygen atoms in total. The molecule has 0 saturated carbocycles. The number of pyridine rings is 1. The van der Waals surface area contributed by atoms with Gasteiger partial charge in [0.1, 0.15) is 0 Å². The van der Waals surface area contributed by atoms with Gasteiger partial charge in [-0.1, -0.05) is 109 Å². The summed E-state index contributed by atoms with van der Waals surface area (Å²) in [5.74, 6) is 0. The van der Waals surface area contributed by atoms with Crippen molar-refractivity contribution in [2.45, 2.75) is 0 Å². The summed E-state index contributed by atoms with van der Waals surface area (Å²) >= 11 is 0. The largest absolute Gasteiger partial charge is 0.247 e. The summed E-state index contributed by atoms with van der Waals surface area (Å²) in [5.41, 5.74) is 7.96. The summed E-state index contributed by atoms with van der Waals surface area (Å²) in [7, 11) is 0. The Kier molecular flexibility index (Phi) is 5.66. The predicted molar refractivity (Wildman–Crippen MR) is 118 cm³/mol. The van der Waals surface area contributed by atoms with Crippen molar-refractivity contribution in [3.63, 3.8) is 0 Å². The van der Waals surface area contributed by atoms with Crippen molar-refractivity contribution in [3.05, 3.63) is 115 Å². The van der Waals surface area contributed by atoms with Gasteiger partial charge in [-0.05, 0) is 17.2 Å². The van der Waals surface area contributed by atoms with E-state index in [9.17, 15) is 0 Å². The number of benzene rings is 4. The van der Waals surface area contributed by atoms with Crippen molar-refractivity contribution >= 4 is 10.9 Å². The van der Waals surface area contributed by atoms with E-state index in [0.29, 0.717) is 0 Å². The van der Waals surface area contributed by atoms with E-state index < -0.39 is 0 Å². The summed E-state index contributed by atoms with van der Waals surface area (Å²) < 4.78 is 0. The third kappa shape index (κ3) is 3.65. The molecule has 0 amide bonds. The Morgan fingerprint density at radius 3 is 1.45 bits per heavy atom. The molecule has 4 aromatic carbocycles. The normalized spacial score (nSPS) is 10.5. The molecule has 5 aromatic rings. The summed E-state index contributed by atoms with van der Waals surface area (Å²) in [6.45, 7) is 0. The van der Waals surface area contributed by atoms with Gasteiger partial charge >= 0.3 is 0 Å². The van der Waals surface area contributed by atoms with Gasteiger partial charge in [0.15, 0.2) is 0 Å². The second-order valence-corrected chi connectivity index (χ2v) is 6.83. The monoisotopic (exact) mass is 550 g/mol. The Morgan fingerprint density at radius 2 is 0.862 bits per heavy atom. The Morgan fingerprint density at radius 1 is 0.414 bits per heavy atom. The van der Waals surface area contributed by atoms with E-state index in [-0.39, 0.29) is 20.1 Å². The van der Waals surface area contributed by atoms with Crippen LogP contribution in [0.15, 0.2) is 115 Å². The van der Waals surface area contributed by atoms with Gasteiger partial charge in [0.25, 0.3) is 0 Å². The zero-order valence-electron chi connectivity index (χ0n) is 15.8. The van der Waals surface area contributed by atoms with Crippen LogP contribution in [0.1, 0.15) is 0 Å². The van der Waals surface area contributed by atoms with Gasteiger partial charge in [-0.2, -0.15) is 0 Å². The molecule has 0 aliphatic carbocycles. The second-order valence-electron chi connectivity index (χ2n) is 6.83. The van der Waals surface area contributed by atoms with Crippen LogP contribution in [0, 0.1) is 0 Å². The zero-order valence-corrected chi connectivity index (χ0v) is 18.1. The van der Waals surface area contributed by atoms with Gasteiger partial charge in [-0.15, -0.1) is 0 Å². The van der Waals surface area contributed by atoms with E-state index in [1.54, 1.807) is 0 Å². The van der Waals surface area contributed by atoms with Crippen molar-refractivity contribution in [3.8, 4) is 33.5 Å². The number of hydrogen-bond donors (Lipinski definition) is 0. The van der Waals surface area contributed by atoms with E-state index in [1.165, 1.54) is 27.6 Å². The van der Waals surface area contributed by atoms with Crippen LogP contribution < -0.4 is 0 Å². The predicted octanol–water partition coefficient (Wildman–Crippen LogP) is 7.23. The molecule has 0 saturated heterocycles. The molecular formula is C27H19IrN. The fourth-order valence-electron chi connectivity index (χ4n) is 3.81. The average molecular weight is 550 g/mol. The third-order valence-corrected chi connectivity index (χ3v) is 5.06. The fraction of sp³-hybridized carbons (Fsp3) is 0. The average Bonchev–Trinajstić information content (AvgIpc) is 2.79. The van der Waals surface area contributed by atoms with Crippen molar-refractivity contribution in [1.29, 1.82) is 0 Å². The number of para-hydroxylation sites is 1. The van der Waals surface area contributed by atoms with Gasteiger partial charge in [0, 0.05) is 42.2 Å². The molecule has 0 atom stereocenters. The van der Waals surface area contributed by atoms with Gasteiger partial charge in [0.05, 0.1) is 11.2 Å². The molecule has 2 heteroatoms. The summed E-state index contributed by atoms with van der Waals surface area (Å²) in [6, 6.07) is 40.1. The van der Waals surface area contributed by atoms with Gasteiger partial charge in [0.2, 0.25) is 0 Å². The maximum absolute atomic E-state index is 5.11. The maximum atomic E-state index is 5.11. The number of aromatic nitrogens is 1. The first kappa shape index (κ1) is 19.3. The van der Waals surface area contributed by atoms with E-state index in [0.717, 1.165) is 16.8 Å². The molecule has 1 aromatic heterocycles. The maximum Gasteiger partial charge on any atom is 0.0794 e. The molecule has 0 aliphatic rings. The molecule has 1 radical (unpaired) electrons. The first-order valence-corrected chi connectivity index (χ1v) is 9.51. The Balaban J connectivity index is 0.00000205. The first-order valence-electron chi connectivity index (χ1n) is 9.51. The second kappa shape index (κ2) is 8.53. The van der Waals surface area contributed by atoms with Gasteiger partial charge in [-0.3, -0.25) is 0 Å². The van der Waals surface area contributed by atoms with Gasteiger partial charge < -0.3 is 0 Å². The van der Waals surface area contributed by atoms with Gasteiger partial charge in [-0.25, -0.2) is 4.98 Å². The number of rotatable bonds is 3. The minimum atomic E-state index is 0. The molecule has 29 heavy (non-hydrogen) atoms. The topological polar surface area (TPSA) is 12.9 Å². The van der Waals surface area contributed by atoms with Crippen LogP contribution in [0.2, 0.25) is 0 Å². The van der Waals surface area contributed by atoms with Crippen molar-refractivity contribution < 1.29 is 20.1 Å². The van der Waals surface area contributed by atoms with Crippen LogP contribution in [0.5, 0.6) is 0 Å². The van der Waals surface area contributed by atoms with Crippen molar-refractivity contribution in [1.82, 2.24) is 4.98 Å². The Bertz CT molecular complexity index is 1230. The molecule has 0 aliphatic heterocycles. The fourth-order valence-corrected chi connectivity index (χ4v) is 3.81. The smallest absolute Gasteiger partial charge is 0.0794 e. The van der Waals surface area contributed by atoms with Crippen molar-refractivity contribution in [2.75, 3.05) is 0 Å². The third-order valence-electron chi connectivity index (χ3n) is 5.06. The molecule has 0 unspecified atom stereocenters. The minimum Gasteiger partial charge on any atom is -0.247 e. The molecule has 0 fully saturated rings. The molecule has 141 valence electrons. The van der Waals surface area contributed by atoms with E-state index in [4.69, 9.17) is 4.98 Å². The number of fused-ring (bicyclic) bond motifs is 1. The Hall–Kier alpha value is -3.06. The molecule has 0 spiro atoms. The van der Waals surface area contributed by atoms with Crippen molar-refractivity contribution in [2.24, 2.45) is 0 Å². The SMILES string of the molecule is [Ir].c1ccc(-c2nc3ccccc3c(-c3ccccc3)c2-c2ccccc2)cc1. The van der Waals surface area contributed by atoms with E-state index >= 15 is 0 Å². The Labute approximate surface area is 184 Å². The molecule has 1 heterocycles. The molecule has 5 rings (SSSR count).